The van der Waals surface area contributed by atoms with Crippen molar-refractivity contribution in [2.75, 3.05) is 19.8 Å². The summed E-state index contributed by atoms with van der Waals surface area (Å²) >= 11 is 0. The van der Waals surface area contributed by atoms with Gasteiger partial charge in [-0.1, -0.05) is 39.5 Å². The highest BCUT2D eigenvalue weighted by Crippen LogP contribution is 2.17. The number of hydrogen-bond donors (Lipinski definition) is 2. The Kier molecular flexibility index (Phi) is 9.48. The van der Waals surface area contributed by atoms with Crippen molar-refractivity contribution in [3.63, 3.8) is 0 Å². The van der Waals surface area contributed by atoms with Crippen molar-refractivity contribution >= 4 is 0 Å². The average molecular weight is 271 g/mol. The molecule has 2 N–H and O–H groups in total. The van der Waals surface area contributed by atoms with Gasteiger partial charge in [0.15, 0.2) is 0 Å². The van der Waals surface area contributed by atoms with E-state index in [1.54, 1.807) is 0 Å². The predicted molar refractivity (Wildman–Crippen MR) is 80.4 cm³/mol. The number of rotatable bonds is 9. The van der Waals surface area contributed by atoms with Crippen molar-refractivity contribution in [1.29, 1.82) is 0 Å². The molecule has 1 fully saturated rings. The molecule has 1 aliphatic carbocycles. The highest BCUT2D eigenvalue weighted by molar-refractivity contribution is 4.72. The topological polar surface area (TPSA) is 41.5 Å². The lowest BCUT2D eigenvalue weighted by atomic mass is 10.1. The van der Waals surface area contributed by atoms with Crippen LogP contribution in [0.2, 0.25) is 0 Å². The first-order chi connectivity index (χ1) is 9.18. The highest BCUT2D eigenvalue weighted by atomic mass is 16.5. The van der Waals surface area contributed by atoms with Crippen LogP contribution in [0.25, 0.3) is 0 Å². The van der Waals surface area contributed by atoms with Crippen molar-refractivity contribution in [3.8, 4) is 0 Å². The Balaban J connectivity index is 1.96. The smallest absolute Gasteiger partial charge is 0.0897 e. The summed E-state index contributed by atoms with van der Waals surface area (Å²) in [6.45, 7) is 6.38. The third-order valence-corrected chi connectivity index (χ3v) is 3.88. The summed E-state index contributed by atoms with van der Waals surface area (Å²) in [7, 11) is 0. The third kappa shape index (κ3) is 9.42. The number of nitrogens with one attached hydrogen (secondary N) is 1. The monoisotopic (exact) mass is 271 g/mol. The van der Waals surface area contributed by atoms with Crippen LogP contribution >= 0.6 is 0 Å². The Hall–Kier alpha value is -0.120. The first-order valence-electron chi connectivity index (χ1n) is 8.17. The van der Waals surface area contributed by atoms with Gasteiger partial charge >= 0.3 is 0 Å². The van der Waals surface area contributed by atoms with Gasteiger partial charge in [-0.15, -0.1) is 0 Å². The lowest BCUT2D eigenvalue weighted by Gasteiger charge is -2.19. The second-order valence-corrected chi connectivity index (χ2v) is 6.36. The van der Waals surface area contributed by atoms with E-state index in [4.69, 9.17) is 4.74 Å². The maximum atomic E-state index is 9.87. The molecule has 0 aromatic rings. The molecule has 114 valence electrons. The van der Waals surface area contributed by atoms with Crippen molar-refractivity contribution < 1.29 is 9.84 Å². The van der Waals surface area contributed by atoms with Gasteiger partial charge in [0.25, 0.3) is 0 Å². The van der Waals surface area contributed by atoms with Gasteiger partial charge in [-0.05, 0) is 31.6 Å². The number of aliphatic hydroxyl groups excluding tert-OH is 1. The molecule has 0 saturated heterocycles. The van der Waals surface area contributed by atoms with Crippen LogP contribution in [-0.4, -0.2) is 37.0 Å². The van der Waals surface area contributed by atoms with Crippen LogP contribution < -0.4 is 5.32 Å². The van der Waals surface area contributed by atoms with E-state index in [0.717, 1.165) is 18.9 Å². The Morgan fingerprint density at radius 1 is 1.16 bits per heavy atom. The van der Waals surface area contributed by atoms with Gasteiger partial charge in [0.2, 0.25) is 0 Å². The maximum absolute atomic E-state index is 9.87. The van der Waals surface area contributed by atoms with Gasteiger partial charge in [-0.3, -0.25) is 0 Å². The zero-order chi connectivity index (χ0) is 13.9. The molecule has 3 heteroatoms. The van der Waals surface area contributed by atoms with E-state index in [-0.39, 0.29) is 6.10 Å². The van der Waals surface area contributed by atoms with Gasteiger partial charge < -0.3 is 15.2 Å². The fraction of sp³-hybridized carbons (Fsp3) is 1.00. The van der Waals surface area contributed by atoms with Crippen LogP contribution in [0.4, 0.5) is 0 Å². The fourth-order valence-corrected chi connectivity index (χ4v) is 2.66. The summed E-state index contributed by atoms with van der Waals surface area (Å²) in [4.78, 5) is 0. The molecular weight excluding hydrogens is 238 g/mol. The third-order valence-electron chi connectivity index (χ3n) is 3.88. The van der Waals surface area contributed by atoms with Crippen molar-refractivity contribution in [2.45, 2.75) is 77.4 Å². The van der Waals surface area contributed by atoms with Gasteiger partial charge in [-0.2, -0.15) is 0 Å². The summed E-state index contributed by atoms with van der Waals surface area (Å²) in [5.74, 6) is 0.741. The first kappa shape index (κ1) is 16.9. The molecule has 3 nitrogen and oxygen atoms in total. The minimum absolute atomic E-state index is 0.359. The SMILES string of the molecule is CC(C)CCCOCC(O)CNC1CCCCCC1. The quantitative estimate of drug-likeness (QED) is 0.500. The summed E-state index contributed by atoms with van der Waals surface area (Å²) < 4.78 is 5.52. The predicted octanol–water partition coefficient (Wildman–Crippen LogP) is 3.11. The first-order valence-corrected chi connectivity index (χ1v) is 8.17. The lowest BCUT2D eigenvalue weighted by Crippen LogP contribution is -2.37. The van der Waals surface area contributed by atoms with Gasteiger partial charge in [-0.25, -0.2) is 0 Å². The zero-order valence-corrected chi connectivity index (χ0v) is 12.9. The zero-order valence-electron chi connectivity index (χ0n) is 12.9. The van der Waals surface area contributed by atoms with E-state index >= 15 is 0 Å². The molecular formula is C16H33NO2. The summed E-state index contributed by atoms with van der Waals surface area (Å²) in [5.41, 5.74) is 0. The summed E-state index contributed by atoms with van der Waals surface area (Å²) in [6, 6.07) is 0.609. The van der Waals surface area contributed by atoms with Crippen LogP contribution in [0, 0.1) is 5.92 Å². The normalized spacial score (nSPS) is 19.6. The van der Waals surface area contributed by atoms with E-state index in [1.807, 2.05) is 0 Å². The molecule has 0 aromatic heterocycles. The Morgan fingerprint density at radius 2 is 1.84 bits per heavy atom. The van der Waals surface area contributed by atoms with Gasteiger partial charge in [0.05, 0.1) is 12.7 Å². The minimum atomic E-state index is -0.359. The van der Waals surface area contributed by atoms with Crippen molar-refractivity contribution in [1.82, 2.24) is 5.32 Å². The number of hydrogen-bond acceptors (Lipinski definition) is 3. The summed E-state index contributed by atoms with van der Waals surface area (Å²) in [5, 5.41) is 13.4. The van der Waals surface area contributed by atoms with E-state index in [9.17, 15) is 5.11 Å². The maximum Gasteiger partial charge on any atom is 0.0897 e. The Morgan fingerprint density at radius 3 is 2.47 bits per heavy atom. The van der Waals surface area contributed by atoms with E-state index in [2.05, 4.69) is 19.2 Å². The van der Waals surface area contributed by atoms with Crippen LogP contribution in [0.5, 0.6) is 0 Å². The highest BCUT2D eigenvalue weighted by Gasteiger charge is 2.13. The van der Waals surface area contributed by atoms with Crippen LogP contribution in [-0.2, 0) is 4.74 Å². The summed E-state index contributed by atoms with van der Waals surface area (Å²) in [6.07, 6.45) is 9.89. The lowest BCUT2D eigenvalue weighted by molar-refractivity contribution is 0.0332. The molecule has 19 heavy (non-hydrogen) atoms. The molecule has 0 amide bonds. The van der Waals surface area contributed by atoms with Crippen LogP contribution in [0.15, 0.2) is 0 Å². The fourth-order valence-electron chi connectivity index (χ4n) is 2.66. The Labute approximate surface area is 119 Å². The molecule has 0 heterocycles. The molecule has 0 aromatic carbocycles. The second kappa shape index (κ2) is 10.6. The molecule has 1 atom stereocenters. The van der Waals surface area contributed by atoms with Gasteiger partial charge in [0, 0.05) is 19.2 Å². The van der Waals surface area contributed by atoms with Crippen LogP contribution in [0.1, 0.15) is 65.2 Å². The molecule has 0 aliphatic heterocycles. The molecule has 1 aliphatic rings. The van der Waals surface area contributed by atoms with E-state index < -0.39 is 0 Å². The number of ether oxygens (including phenoxy) is 1. The van der Waals surface area contributed by atoms with E-state index in [0.29, 0.717) is 19.2 Å². The molecule has 1 rings (SSSR count). The second-order valence-electron chi connectivity index (χ2n) is 6.36. The molecule has 0 bridgehead atoms. The minimum Gasteiger partial charge on any atom is -0.389 e. The molecule has 1 saturated carbocycles. The largest absolute Gasteiger partial charge is 0.389 e. The Bertz CT molecular complexity index is 201. The average Bonchev–Trinajstić information content (AvgIpc) is 2.64. The molecule has 0 radical (unpaired) electrons. The molecule has 1 unspecified atom stereocenters. The number of aliphatic hydroxyl groups is 1. The van der Waals surface area contributed by atoms with Crippen molar-refractivity contribution in [3.05, 3.63) is 0 Å². The van der Waals surface area contributed by atoms with Gasteiger partial charge in [0.1, 0.15) is 0 Å². The van der Waals surface area contributed by atoms with E-state index in [1.165, 1.54) is 44.9 Å². The van der Waals surface area contributed by atoms with Crippen molar-refractivity contribution in [2.24, 2.45) is 5.92 Å². The van der Waals surface area contributed by atoms with Crippen LogP contribution in [0.3, 0.4) is 0 Å². The standard InChI is InChI=1S/C16H33NO2/c1-14(2)8-7-11-19-13-16(18)12-17-15-9-5-3-4-6-10-15/h14-18H,3-13H2,1-2H3. The molecule has 0 spiro atoms.